The van der Waals surface area contributed by atoms with E-state index in [0.717, 1.165) is 34.4 Å². The number of hydrogen-bond acceptors (Lipinski definition) is 4. The molecule has 0 aliphatic rings. The molecule has 0 aliphatic carbocycles. The third-order valence-corrected chi connectivity index (χ3v) is 6.01. The molecular weight excluding hydrogens is 493 g/mol. The molecular formula is C31H29F3O4. The van der Waals surface area contributed by atoms with E-state index in [1.807, 2.05) is 36.4 Å². The fourth-order valence-corrected chi connectivity index (χ4v) is 3.86. The third-order valence-electron chi connectivity index (χ3n) is 6.01. The van der Waals surface area contributed by atoms with Gasteiger partial charge in [-0.15, -0.1) is 0 Å². The van der Waals surface area contributed by atoms with Gasteiger partial charge in [0.2, 0.25) is 0 Å². The molecule has 198 valence electrons. The number of esters is 2. The molecule has 0 unspecified atom stereocenters. The summed E-state index contributed by atoms with van der Waals surface area (Å²) in [5, 5.41) is 0. The number of aryl methyl sites for hydroxylation is 4. The summed E-state index contributed by atoms with van der Waals surface area (Å²) in [7, 11) is 0. The minimum Gasteiger partial charge on any atom is -0.458 e. The first-order valence-corrected chi connectivity index (χ1v) is 12.1. The number of carbonyl (C=O) groups excluding carboxylic acids is 2. The highest BCUT2D eigenvalue weighted by atomic mass is 19.4. The Morgan fingerprint density at radius 2 is 1.03 bits per heavy atom. The Balaban J connectivity index is 1.60. The number of hydrogen-bond donors (Lipinski definition) is 0. The fraction of sp³-hybridized carbons (Fsp3) is 0.226. The predicted molar refractivity (Wildman–Crippen MR) is 139 cm³/mol. The van der Waals surface area contributed by atoms with Crippen molar-refractivity contribution in [1.29, 1.82) is 0 Å². The largest absolute Gasteiger partial charge is 0.458 e. The number of rotatable bonds is 12. The first-order valence-electron chi connectivity index (χ1n) is 12.1. The number of benzene rings is 3. The van der Waals surface area contributed by atoms with E-state index in [1.54, 1.807) is 24.3 Å². The van der Waals surface area contributed by atoms with Crippen molar-refractivity contribution < 1.29 is 32.2 Å². The normalized spacial score (nSPS) is 11.0. The molecule has 0 aromatic heterocycles. The van der Waals surface area contributed by atoms with Crippen molar-refractivity contribution in [1.82, 2.24) is 0 Å². The van der Waals surface area contributed by atoms with Gasteiger partial charge in [-0.1, -0.05) is 73.8 Å². The summed E-state index contributed by atoms with van der Waals surface area (Å²) in [6.07, 6.45) is -0.525. The zero-order valence-electron chi connectivity index (χ0n) is 20.9. The highest BCUT2D eigenvalue weighted by Crippen LogP contribution is 2.33. The molecule has 38 heavy (non-hydrogen) atoms. The summed E-state index contributed by atoms with van der Waals surface area (Å²) < 4.78 is 51.6. The van der Waals surface area contributed by atoms with Crippen LogP contribution in [0.2, 0.25) is 0 Å². The van der Waals surface area contributed by atoms with Crippen molar-refractivity contribution in [3.05, 3.63) is 131 Å². The quantitative estimate of drug-likeness (QED) is 0.195. The fourth-order valence-electron chi connectivity index (χ4n) is 3.86. The van der Waals surface area contributed by atoms with Crippen LogP contribution >= 0.6 is 0 Å². The van der Waals surface area contributed by atoms with Gasteiger partial charge >= 0.3 is 18.1 Å². The Morgan fingerprint density at radius 1 is 0.632 bits per heavy atom. The maximum Gasteiger partial charge on any atom is 0.416 e. The zero-order chi connectivity index (χ0) is 27.5. The highest BCUT2D eigenvalue weighted by molar-refractivity contribution is 5.81. The average Bonchev–Trinajstić information content (AvgIpc) is 2.93. The monoisotopic (exact) mass is 522 g/mol. The standard InChI is InChI=1S/C31H29F3O4/c1-3-29(35)37-20-25-11-6-22(7-12-25)5-10-24-16-18-27(28(19-24)31(32,33)34)17-15-23-8-13-26(14-9-23)21-38-30(36)4-2/h3-4,6-9,11-14,16,18-19H,1-2,5,10,15,17,20-21H2. The van der Waals surface area contributed by atoms with E-state index in [9.17, 15) is 22.8 Å². The molecule has 3 aromatic carbocycles. The Hall–Kier alpha value is -4.13. The SMILES string of the molecule is C=CC(=O)OCc1ccc(CCc2ccc(CCc3ccc(COC(=O)C=C)cc3)c(C(F)(F)F)c2)cc1. The van der Waals surface area contributed by atoms with E-state index in [1.165, 1.54) is 6.07 Å². The predicted octanol–water partition coefficient (Wildman–Crippen LogP) is 6.73. The Morgan fingerprint density at radius 3 is 1.47 bits per heavy atom. The minimum absolute atomic E-state index is 0.111. The van der Waals surface area contributed by atoms with Crippen LogP contribution in [0.25, 0.3) is 0 Å². The van der Waals surface area contributed by atoms with Crippen molar-refractivity contribution in [2.75, 3.05) is 0 Å². The topological polar surface area (TPSA) is 52.6 Å². The van der Waals surface area contributed by atoms with Gasteiger partial charge in [0.25, 0.3) is 0 Å². The molecule has 0 saturated heterocycles. The molecule has 0 fully saturated rings. The van der Waals surface area contributed by atoms with Crippen LogP contribution in [0.5, 0.6) is 0 Å². The van der Waals surface area contributed by atoms with Gasteiger partial charge in [0.15, 0.2) is 0 Å². The zero-order valence-corrected chi connectivity index (χ0v) is 20.9. The lowest BCUT2D eigenvalue weighted by molar-refractivity contribution is -0.139. The lowest BCUT2D eigenvalue weighted by Gasteiger charge is -2.15. The second-order valence-corrected chi connectivity index (χ2v) is 8.75. The van der Waals surface area contributed by atoms with E-state index in [2.05, 4.69) is 13.2 Å². The van der Waals surface area contributed by atoms with Gasteiger partial charge in [-0.25, -0.2) is 9.59 Å². The molecule has 0 aliphatic heterocycles. The second kappa shape index (κ2) is 13.4. The molecule has 0 atom stereocenters. The van der Waals surface area contributed by atoms with Crippen molar-refractivity contribution in [3.63, 3.8) is 0 Å². The van der Waals surface area contributed by atoms with Crippen LogP contribution in [0.4, 0.5) is 13.2 Å². The molecule has 0 radical (unpaired) electrons. The third kappa shape index (κ3) is 8.76. The van der Waals surface area contributed by atoms with Crippen LogP contribution in [0, 0.1) is 0 Å². The Labute approximate surface area is 220 Å². The summed E-state index contributed by atoms with van der Waals surface area (Å²) >= 11 is 0. The van der Waals surface area contributed by atoms with E-state index < -0.39 is 23.7 Å². The van der Waals surface area contributed by atoms with Gasteiger partial charge in [0.05, 0.1) is 5.56 Å². The number of ether oxygens (including phenoxy) is 2. The molecule has 0 bridgehead atoms. The average molecular weight is 523 g/mol. The van der Waals surface area contributed by atoms with E-state index in [-0.39, 0.29) is 25.2 Å². The molecule has 4 nitrogen and oxygen atoms in total. The first-order chi connectivity index (χ1) is 18.2. The summed E-state index contributed by atoms with van der Waals surface area (Å²) in [5.74, 6) is -1.02. The molecule has 0 amide bonds. The summed E-state index contributed by atoms with van der Waals surface area (Å²) in [5.41, 5.74) is 3.73. The van der Waals surface area contributed by atoms with Crippen LogP contribution in [0.3, 0.4) is 0 Å². The molecule has 0 N–H and O–H groups in total. The van der Waals surface area contributed by atoms with Gasteiger partial charge in [-0.3, -0.25) is 0 Å². The van der Waals surface area contributed by atoms with Gasteiger partial charge in [-0.05, 0) is 65.1 Å². The van der Waals surface area contributed by atoms with Gasteiger partial charge < -0.3 is 9.47 Å². The Kier molecular flexibility index (Phi) is 10.0. The van der Waals surface area contributed by atoms with Gasteiger partial charge in [0, 0.05) is 12.2 Å². The number of halogens is 3. The summed E-state index contributed by atoms with van der Waals surface area (Å²) in [6.45, 7) is 6.93. The molecule has 3 rings (SSSR count). The van der Waals surface area contributed by atoms with Crippen LogP contribution in [-0.2, 0) is 64.1 Å². The van der Waals surface area contributed by atoms with Crippen LogP contribution < -0.4 is 0 Å². The van der Waals surface area contributed by atoms with Crippen LogP contribution in [-0.4, -0.2) is 11.9 Å². The highest BCUT2D eigenvalue weighted by Gasteiger charge is 2.33. The number of alkyl halides is 3. The maximum atomic E-state index is 13.9. The maximum absolute atomic E-state index is 13.9. The lowest BCUT2D eigenvalue weighted by atomic mass is 9.95. The van der Waals surface area contributed by atoms with Crippen LogP contribution in [0.1, 0.15) is 38.9 Å². The second-order valence-electron chi connectivity index (χ2n) is 8.75. The molecule has 0 heterocycles. The van der Waals surface area contributed by atoms with E-state index in [0.29, 0.717) is 24.8 Å². The van der Waals surface area contributed by atoms with Crippen molar-refractivity contribution >= 4 is 11.9 Å². The smallest absolute Gasteiger partial charge is 0.416 e. The lowest BCUT2D eigenvalue weighted by Crippen LogP contribution is -2.11. The molecule has 7 heteroatoms. The van der Waals surface area contributed by atoms with Crippen molar-refractivity contribution in [2.45, 2.75) is 45.1 Å². The molecule has 3 aromatic rings. The van der Waals surface area contributed by atoms with Crippen molar-refractivity contribution in [3.8, 4) is 0 Å². The van der Waals surface area contributed by atoms with E-state index >= 15 is 0 Å². The molecule has 0 spiro atoms. The Bertz CT molecular complexity index is 1260. The first kappa shape index (κ1) is 28.4. The molecule has 0 saturated carbocycles. The summed E-state index contributed by atoms with van der Waals surface area (Å²) in [6, 6.07) is 19.2. The van der Waals surface area contributed by atoms with E-state index in [4.69, 9.17) is 9.47 Å². The number of carbonyl (C=O) groups is 2. The minimum atomic E-state index is -4.45. The summed E-state index contributed by atoms with van der Waals surface area (Å²) in [4.78, 5) is 22.3. The van der Waals surface area contributed by atoms with Gasteiger partial charge in [0.1, 0.15) is 13.2 Å². The van der Waals surface area contributed by atoms with Crippen molar-refractivity contribution in [2.24, 2.45) is 0 Å². The van der Waals surface area contributed by atoms with Crippen LogP contribution in [0.15, 0.2) is 92.0 Å². The van der Waals surface area contributed by atoms with Gasteiger partial charge in [-0.2, -0.15) is 13.2 Å².